The number of allylic oxidation sites excluding steroid dienone is 1. The molecule has 2 N–H and O–H groups in total. The number of anilines is 1. The predicted octanol–water partition coefficient (Wildman–Crippen LogP) is 6.23. The molecule has 0 radical (unpaired) electrons. The Bertz CT molecular complexity index is 1060. The second kappa shape index (κ2) is 7.39. The summed E-state index contributed by atoms with van der Waals surface area (Å²) in [4.78, 5) is 6.58. The minimum absolute atomic E-state index is 0.136. The molecule has 1 aromatic heterocycles. The average Bonchev–Trinajstić information content (AvgIpc) is 3.30. The first-order valence-corrected chi connectivity index (χ1v) is 13.0. The van der Waals surface area contributed by atoms with E-state index < -0.39 is 0 Å². The van der Waals surface area contributed by atoms with Crippen LogP contribution < -0.4 is 5.32 Å². The van der Waals surface area contributed by atoms with Crippen LogP contribution in [0.4, 0.5) is 9.52 Å². The van der Waals surface area contributed by atoms with Crippen molar-refractivity contribution in [3.05, 3.63) is 57.9 Å². The number of nitrogens with zero attached hydrogens (tertiary/aromatic N) is 1. The van der Waals surface area contributed by atoms with Gasteiger partial charge in [-0.25, -0.2) is 9.37 Å². The van der Waals surface area contributed by atoms with E-state index in [4.69, 9.17) is 4.98 Å². The number of rotatable bonds is 3. The van der Waals surface area contributed by atoms with Gasteiger partial charge in [0.25, 0.3) is 0 Å². The largest absolute Gasteiger partial charge is 0.393 e. The SMILES string of the molecule is CC12CCC(O)CC1=CCC1C2CCC2(C)c3nc(NCc4ccc(F)cc4)sc3CC12. The fraction of sp³-hybridized carbons (Fsp3) is 0.593. The Balaban J connectivity index is 1.22. The van der Waals surface area contributed by atoms with Gasteiger partial charge in [-0.1, -0.05) is 37.6 Å². The molecule has 0 bridgehead atoms. The van der Waals surface area contributed by atoms with Gasteiger partial charge in [-0.2, -0.15) is 0 Å². The van der Waals surface area contributed by atoms with Gasteiger partial charge in [0.2, 0.25) is 0 Å². The molecule has 6 rings (SSSR count). The first kappa shape index (κ1) is 20.9. The molecule has 170 valence electrons. The smallest absolute Gasteiger partial charge is 0.183 e. The zero-order chi connectivity index (χ0) is 22.1. The molecule has 0 aliphatic heterocycles. The van der Waals surface area contributed by atoms with Gasteiger partial charge in [0.15, 0.2) is 5.13 Å². The summed E-state index contributed by atoms with van der Waals surface area (Å²) >= 11 is 1.83. The van der Waals surface area contributed by atoms with Crippen molar-refractivity contribution in [2.45, 2.75) is 76.9 Å². The third-order valence-electron chi connectivity index (χ3n) is 9.47. The number of fused-ring (bicyclic) bond motifs is 7. The van der Waals surface area contributed by atoms with Crippen LogP contribution in [0.1, 0.15) is 68.5 Å². The fourth-order valence-electron chi connectivity index (χ4n) is 7.62. The van der Waals surface area contributed by atoms with Gasteiger partial charge in [0.1, 0.15) is 5.82 Å². The molecule has 1 aromatic carbocycles. The molecule has 6 unspecified atom stereocenters. The maximum atomic E-state index is 13.2. The van der Waals surface area contributed by atoms with Gasteiger partial charge in [-0.3, -0.25) is 0 Å². The monoisotopic (exact) mass is 452 g/mol. The number of thiazole rings is 1. The number of hydrogen-bond acceptors (Lipinski definition) is 4. The first-order chi connectivity index (χ1) is 15.4. The van der Waals surface area contributed by atoms with Crippen molar-refractivity contribution in [3.8, 4) is 0 Å². The van der Waals surface area contributed by atoms with Gasteiger partial charge in [-0.15, -0.1) is 11.3 Å². The molecule has 2 aromatic rings. The number of halogens is 1. The Hall–Kier alpha value is -1.72. The van der Waals surface area contributed by atoms with Crippen molar-refractivity contribution in [1.82, 2.24) is 4.98 Å². The molecule has 0 amide bonds. The molecule has 2 fully saturated rings. The van der Waals surface area contributed by atoms with Gasteiger partial charge < -0.3 is 10.4 Å². The summed E-state index contributed by atoms with van der Waals surface area (Å²) in [6, 6.07) is 6.69. The van der Waals surface area contributed by atoms with Gasteiger partial charge >= 0.3 is 0 Å². The van der Waals surface area contributed by atoms with Crippen LogP contribution in [-0.2, 0) is 18.4 Å². The first-order valence-electron chi connectivity index (χ1n) is 12.2. The molecular formula is C27H33FN2OS. The van der Waals surface area contributed by atoms with E-state index in [-0.39, 0.29) is 22.8 Å². The van der Waals surface area contributed by atoms with E-state index in [2.05, 4.69) is 25.2 Å². The Morgan fingerprint density at radius 1 is 1.09 bits per heavy atom. The lowest BCUT2D eigenvalue weighted by molar-refractivity contribution is -0.0169. The van der Waals surface area contributed by atoms with Crippen molar-refractivity contribution in [1.29, 1.82) is 0 Å². The summed E-state index contributed by atoms with van der Waals surface area (Å²) in [5.74, 6) is 1.97. The van der Waals surface area contributed by atoms with E-state index in [1.165, 1.54) is 42.0 Å². The average molecular weight is 453 g/mol. The van der Waals surface area contributed by atoms with Crippen molar-refractivity contribution in [2.24, 2.45) is 23.2 Å². The third-order valence-corrected chi connectivity index (χ3v) is 10.5. The molecule has 6 atom stereocenters. The number of aliphatic hydroxyl groups excluding tert-OH is 1. The Morgan fingerprint density at radius 2 is 1.88 bits per heavy atom. The van der Waals surface area contributed by atoms with Crippen LogP contribution in [0.15, 0.2) is 35.9 Å². The molecule has 3 nitrogen and oxygen atoms in total. The summed E-state index contributed by atoms with van der Waals surface area (Å²) in [5.41, 5.74) is 4.42. The maximum Gasteiger partial charge on any atom is 0.183 e. The highest BCUT2D eigenvalue weighted by atomic mass is 32.1. The van der Waals surface area contributed by atoms with E-state index in [9.17, 15) is 9.50 Å². The van der Waals surface area contributed by atoms with E-state index in [0.29, 0.717) is 12.5 Å². The second-order valence-corrected chi connectivity index (χ2v) is 12.2. The minimum Gasteiger partial charge on any atom is -0.393 e. The molecular weight excluding hydrogens is 419 g/mol. The number of benzene rings is 1. The topological polar surface area (TPSA) is 45.2 Å². The van der Waals surface area contributed by atoms with Crippen LogP contribution in [0.5, 0.6) is 0 Å². The van der Waals surface area contributed by atoms with Crippen molar-refractivity contribution in [3.63, 3.8) is 0 Å². The van der Waals surface area contributed by atoms with Crippen LogP contribution in [0, 0.1) is 29.0 Å². The van der Waals surface area contributed by atoms with E-state index in [1.807, 2.05) is 23.5 Å². The lowest BCUT2D eigenvalue weighted by atomic mass is 9.48. The molecule has 2 saturated carbocycles. The van der Waals surface area contributed by atoms with Crippen molar-refractivity contribution < 1.29 is 9.50 Å². The Morgan fingerprint density at radius 3 is 2.69 bits per heavy atom. The van der Waals surface area contributed by atoms with Crippen LogP contribution in [-0.4, -0.2) is 16.2 Å². The van der Waals surface area contributed by atoms with E-state index >= 15 is 0 Å². The molecule has 32 heavy (non-hydrogen) atoms. The molecule has 5 heteroatoms. The number of aliphatic hydroxyl groups is 1. The van der Waals surface area contributed by atoms with Crippen LogP contribution in [0.2, 0.25) is 0 Å². The molecule has 4 aliphatic carbocycles. The molecule has 0 saturated heterocycles. The zero-order valence-corrected chi connectivity index (χ0v) is 19.9. The van der Waals surface area contributed by atoms with Crippen LogP contribution in [0.25, 0.3) is 0 Å². The highest BCUT2D eigenvalue weighted by Gasteiger charge is 2.58. The Kier molecular flexibility index (Phi) is 4.82. The number of hydrogen-bond donors (Lipinski definition) is 2. The molecule has 4 aliphatic rings. The normalized spacial score (nSPS) is 37.7. The summed E-state index contributed by atoms with van der Waals surface area (Å²) in [7, 11) is 0. The lowest BCUT2D eigenvalue weighted by Crippen LogP contribution is -2.51. The van der Waals surface area contributed by atoms with Gasteiger partial charge in [0.05, 0.1) is 11.8 Å². The number of aromatic nitrogens is 1. The quantitative estimate of drug-likeness (QED) is 0.543. The summed E-state index contributed by atoms with van der Waals surface area (Å²) in [6.07, 6.45) is 10.2. The highest BCUT2D eigenvalue weighted by Crippen LogP contribution is 2.64. The Labute approximate surface area is 194 Å². The van der Waals surface area contributed by atoms with Crippen LogP contribution >= 0.6 is 11.3 Å². The van der Waals surface area contributed by atoms with Crippen molar-refractivity contribution >= 4 is 16.5 Å². The van der Waals surface area contributed by atoms with E-state index in [1.54, 1.807) is 5.57 Å². The number of nitrogens with one attached hydrogen (secondary N) is 1. The maximum absolute atomic E-state index is 13.2. The highest BCUT2D eigenvalue weighted by molar-refractivity contribution is 7.15. The van der Waals surface area contributed by atoms with Crippen LogP contribution in [0.3, 0.4) is 0 Å². The fourth-order valence-corrected chi connectivity index (χ4v) is 8.78. The third kappa shape index (κ3) is 3.11. The van der Waals surface area contributed by atoms with Gasteiger partial charge in [0, 0.05) is 16.8 Å². The van der Waals surface area contributed by atoms with Crippen molar-refractivity contribution in [2.75, 3.05) is 5.32 Å². The summed E-state index contributed by atoms with van der Waals surface area (Å²) in [6.45, 7) is 5.63. The van der Waals surface area contributed by atoms with E-state index in [0.717, 1.165) is 48.2 Å². The summed E-state index contributed by atoms with van der Waals surface area (Å²) in [5, 5.41) is 14.7. The zero-order valence-electron chi connectivity index (χ0n) is 19.0. The standard InChI is InChI=1S/C27H33FN2OS/c1-26-11-9-19(31)13-17(26)5-8-20-21(26)10-12-27(2)22(20)14-23-24(27)30-25(32-23)29-15-16-3-6-18(28)7-4-16/h3-7,19-22,31H,8-15H2,1-2H3,(H,29,30). The van der Waals surface area contributed by atoms with Gasteiger partial charge in [-0.05, 0) is 85.8 Å². The molecule has 1 heterocycles. The lowest BCUT2D eigenvalue weighted by Gasteiger charge is -2.57. The molecule has 0 spiro atoms. The minimum atomic E-state index is -0.195. The second-order valence-electron chi connectivity index (χ2n) is 11.1. The predicted molar refractivity (Wildman–Crippen MR) is 127 cm³/mol. The summed E-state index contributed by atoms with van der Waals surface area (Å²) < 4.78 is 13.2.